The van der Waals surface area contributed by atoms with Crippen LogP contribution in [0.15, 0.2) is 72.1 Å². The molecule has 0 saturated heterocycles. The molecule has 0 atom stereocenters. The molecule has 7 heteroatoms. The third-order valence-corrected chi connectivity index (χ3v) is 3.20. The van der Waals surface area contributed by atoms with Crippen LogP contribution in [0.4, 0.5) is 10.1 Å². The summed E-state index contributed by atoms with van der Waals surface area (Å²) in [5.74, 6) is -0.965. The van der Waals surface area contributed by atoms with Crippen LogP contribution in [0.5, 0.6) is 5.75 Å². The minimum atomic E-state index is -0.527. The lowest BCUT2D eigenvalue weighted by molar-refractivity contribution is 0.100. The lowest BCUT2D eigenvalue weighted by Crippen LogP contribution is -2.10. The van der Waals surface area contributed by atoms with Crippen molar-refractivity contribution >= 4 is 17.3 Å². The first-order valence-electron chi connectivity index (χ1n) is 7.22. The number of phenolic OH excluding ortho intramolecular Hbond substituents is 1. The van der Waals surface area contributed by atoms with E-state index in [2.05, 4.69) is 16.9 Å². The number of halogens is 1. The number of phenols is 1. The first-order valence-corrected chi connectivity index (χ1v) is 7.22. The number of allylic oxidation sites excluding steroid dienone is 1. The zero-order valence-electron chi connectivity index (χ0n) is 13.2. The molecule has 0 aliphatic rings. The van der Waals surface area contributed by atoms with Gasteiger partial charge in [-0.25, -0.2) is 9.38 Å². The standard InChI is InChI=1S/C18H17FN4O2/c1-11(22-14-5-2-12(3-6-14)18(21)25)23-16(8-9-20)15-10-13(19)4-7-17(15)24/h2-10,22,24H,1,20H2,(H2,21,25)/b9-8-,23-16+. The average molecular weight is 340 g/mol. The molecule has 0 saturated carbocycles. The van der Waals surface area contributed by atoms with Crippen molar-refractivity contribution in [3.05, 3.63) is 84.1 Å². The Hall–Kier alpha value is -3.61. The lowest BCUT2D eigenvalue weighted by atomic mass is 10.1. The summed E-state index contributed by atoms with van der Waals surface area (Å²) in [5, 5.41) is 12.8. The molecule has 128 valence electrons. The van der Waals surface area contributed by atoms with Crippen LogP contribution in [-0.2, 0) is 0 Å². The third-order valence-electron chi connectivity index (χ3n) is 3.20. The van der Waals surface area contributed by atoms with Crippen LogP contribution in [0.25, 0.3) is 0 Å². The van der Waals surface area contributed by atoms with Gasteiger partial charge in [-0.15, -0.1) is 0 Å². The summed E-state index contributed by atoms with van der Waals surface area (Å²) >= 11 is 0. The normalized spacial score (nSPS) is 11.5. The molecule has 2 rings (SSSR count). The second-order valence-corrected chi connectivity index (χ2v) is 5.03. The van der Waals surface area contributed by atoms with E-state index in [9.17, 15) is 14.3 Å². The number of aliphatic imine (C=N–C) groups is 1. The summed E-state index contributed by atoms with van der Waals surface area (Å²) in [6.07, 6.45) is 2.63. The number of rotatable bonds is 6. The summed E-state index contributed by atoms with van der Waals surface area (Å²) in [7, 11) is 0. The maximum absolute atomic E-state index is 13.4. The number of benzene rings is 2. The zero-order valence-corrected chi connectivity index (χ0v) is 13.2. The lowest BCUT2D eigenvalue weighted by Gasteiger charge is -2.09. The minimum absolute atomic E-state index is 0.142. The maximum Gasteiger partial charge on any atom is 0.248 e. The van der Waals surface area contributed by atoms with Crippen molar-refractivity contribution in [3.63, 3.8) is 0 Å². The molecule has 0 bridgehead atoms. The highest BCUT2D eigenvalue weighted by Gasteiger charge is 2.09. The number of nitrogens with zero attached hydrogens (tertiary/aromatic N) is 1. The number of primary amides is 1. The predicted molar refractivity (Wildman–Crippen MR) is 95.7 cm³/mol. The van der Waals surface area contributed by atoms with E-state index in [1.54, 1.807) is 24.3 Å². The number of anilines is 1. The number of amides is 1. The van der Waals surface area contributed by atoms with Gasteiger partial charge in [0.25, 0.3) is 0 Å². The van der Waals surface area contributed by atoms with E-state index >= 15 is 0 Å². The van der Waals surface area contributed by atoms with Crippen molar-refractivity contribution in [2.24, 2.45) is 16.5 Å². The van der Waals surface area contributed by atoms with Gasteiger partial charge in [-0.05, 0) is 54.7 Å². The number of carbonyl (C=O) groups excluding carboxylic acids is 1. The van der Waals surface area contributed by atoms with Gasteiger partial charge in [-0.3, -0.25) is 4.79 Å². The molecule has 6 N–H and O–H groups in total. The van der Waals surface area contributed by atoms with Gasteiger partial charge in [0.15, 0.2) is 0 Å². The van der Waals surface area contributed by atoms with Crippen LogP contribution >= 0.6 is 0 Å². The Balaban J connectivity index is 2.26. The van der Waals surface area contributed by atoms with Crippen molar-refractivity contribution in [1.29, 1.82) is 0 Å². The molecule has 0 unspecified atom stereocenters. The Bertz CT molecular complexity index is 858. The number of aromatic hydroxyl groups is 1. The van der Waals surface area contributed by atoms with Gasteiger partial charge in [-0.1, -0.05) is 6.58 Å². The molecule has 6 nitrogen and oxygen atoms in total. The molecule has 0 spiro atoms. The van der Waals surface area contributed by atoms with Crippen LogP contribution in [0.3, 0.4) is 0 Å². The fourth-order valence-electron chi connectivity index (χ4n) is 2.05. The average Bonchev–Trinajstić information content (AvgIpc) is 2.57. The van der Waals surface area contributed by atoms with E-state index in [0.717, 1.165) is 12.1 Å². The van der Waals surface area contributed by atoms with Crippen LogP contribution in [0.1, 0.15) is 15.9 Å². The molecular formula is C18H17FN4O2. The minimum Gasteiger partial charge on any atom is -0.507 e. The highest BCUT2D eigenvalue weighted by atomic mass is 19.1. The van der Waals surface area contributed by atoms with Crippen LogP contribution < -0.4 is 16.8 Å². The highest BCUT2D eigenvalue weighted by molar-refractivity contribution is 6.11. The number of hydrogen-bond donors (Lipinski definition) is 4. The van der Waals surface area contributed by atoms with E-state index in [4.69, 9.17) is 11.5 Å². The molecule has 0 aliphatic heterocycles. The fraction of sp³-hybridized carbons (Fsp3) is 0. The Kier molecular flexibility index (Phi) is 5.52. The number of nitrogens with two attached hydrogens (primary N) is 2. The van der Waals surface area contributed by atoms with Gasteiger partial charge < -0.3 is 21.9 Å². The van der Waals surface area contributed by atoms with Gasteiger partial charge in [-0.2, -0.15) is 0 Å². The van der Waals surface area contributed by atoms with Crippen molar-refractivity contribution in [1.82, 2.24) is 0 Å². The smallest absolute Gasteiger partial charge is 0.248 e. The van der Waals surface area contributed by atoms with Crippen LogP contribution in [-0.4, -0.2) is 16.7 Å². The predicted octanol–water partition coefficient (Wildman–Crippen LogP) is 2.48. The van der Waals surface area contributed by atoms with Gasteiger partial charge in [0.1, 0.15) is 17.4 Å². The van der Waals surface area contributed by atoms with Gasteiger partial charge in [0.2, 0.25) is 5.91 Å². The van der Waals surface area contributed by atoms with Crippen molar-refractivity contribution < 1.29 is 14.3 Å². The second kappa shape index (κ2) is 7.78. The summed E-state index contributed by atoms with van der Waals surface area (Å²) in [5.41, 5.74) is 12.0. The molecule has 0 aromatic heterocycles. The van der Waals surface area contributed by atoms with E-state index in [-0.39, 0.29) is 22.8 Å². The molecule has 1 amide bonds. The number of carbonyl (C=O) groups is 1. The van der Waals surface area contributed by atoms with Crippen molar-refractivity contribution in [2.75, 3.05) is 5.32 Å². The van der Waals surface area contributed by atoms with E-state index in [1.165, 1.54) is 18.3 Å². The second-order valence-electron chi connectivity index (χ2n) is 5.03. The van der Waals surface area contributed by atoms with Crippen molar-refractivity contribution in [2.45, 2.75) is 0 Å². The summed E-state index contributed by atoms with van der Waals surface area (Å²) in [6.45, 7) is 3.77. The number of hydrogen-bond acceptors (Lipinski definition) is 5. The monoisotopic (exact) mass is 340 g/mol. The van der Waals surface area contributed by atoms with E-state index in [1.807, 2.05) is 0 Å². The first-order chi connectivity index (χ1) is 11.9. The zero-order chi connectivity index (χ0) is 18.4. The van der Waals surface area contributed by atoms with Gasteiger partial charge in [0.05, 0.1) is 5.71 Å². The maximum atomic E-state index is 13.4. The number of nitrogens with one attached hydrogen (secondary N) is 1. The molecule has 0 aliphatic carbocycles. The summed E-state index contributed by atoms with van der Waals surface area (Å²) in [4.78, 5) is 15.3. The Labute approximate surface area is 144 Å². The molecule has 0 radical (unpaired) electrons. The molecule has 2 aromatic rings. The third kappa shape index (κ3) is 4.68. The molecule has 2 aromatic carbocycles. The van der Waals surface area contributed by atoms with Gasteiger partial charge >= 0.3 is 0 Å². The fourth-order valence-corrected chi connectivity index (χ4v) is 2.05. The summed E-state index contributed by atoms with van der Waals surface area (Å²) < 4.78 is 13.4. The van der Waals surface area contributed by atoms with E-state index in [0.29, 0.717) is 11.3 Å². The Morgan fingerprint density at radius 2 is 1.92 bits per heavy atom. The summed E-state index contributed by atoms with van der Waals surface area (Å²) in [6, 6.07) is 9.89. The first kappa shape index (κ1) is 17.7. The van der Waals surface area contributed by atoms with Crippen LogP contribution in [0, 0.1) is 5.82 Å². The largest absolute Gasteiger partial charge is 0.507 e. The molecular weight excluding hydrogens is 323 g/mol. The SMILES string of the molecule is C=C(/N=C(\C=C/N)c1cc(F)ccc1O)Nc1ccc(C(N)=O)cc1. The van der Waals surface area contributed by atoms with E-state index < -0.39 is 11.7 Å². The Morgan fingerprint density at radius 1 is 1.24 bits per heavy atom. The van der Waals surface area contributed by atoms with Gasteiger partial charge in [0, 0.05) is 16.8 Å². The quantitative estimate of drug-likeness (QED) is 0.605. The Morgan fingerprint density at radius 3 is 2.52 bits per heavy atom. The molecule has 0 fully saturated rings. The molecule has 0 heterocycles. The molecule has 25 heavy (non-hydrogen) atoms. The van der Waals surface area contributed by atoms with Crippen LogP contribution in [0.2, 0.25) is 0 Å². The van der Waals surface area contributed by atoms with Crippen molar-refractivity contribution in [3.8, 4) is 5.75 Å². The highest BCUT2D eigenvalue weighted by Crippen LogP contribution is 2.20. The topological polar surface area (TPSA) is 114 Å².